The highest BCUT2D eigenvalue weighted by Crippen LogP contribution is 2.14. The molecule has 7 heteroatoms. The Hall–Kier alpha value is -1.79. The van der Waals surface area contributed by atoms with Crippen LogP contribution >= 0.6 is 0 Å². The predicted molar refractivity (Wildman–Crippen MR) is 75.8 cm³/mol. The molecule has 2 N–H and O–H groups in total. The molecule has 0 aromatic carbocycles. The number of carbonyl (C=O) groups excluding carboxylic acids is 2. The molecule has 0 bridgehead atoms. The molecule has 122 valence electrons. The molecule has 0 spiro atoms. The second-order valence-electron chi connectivity index (χ2n) is 6.78. The third-order valence-electron chi connectivity index (χ3n) is 2.22. The number of nitrogens with one attached hydrogen (secondary N) is 1. The van der Waals surface area contributed by atoms with Crippen LogP contribution in [0.3, 0.4) is 0 Å². The number of hydrogen-bond acceptors (Lipinski definition) is 5. The molecule has 0 aliphatic carbocycles. The minimum Gasteiger partial charge on any atom is -0.481 e. The quantitative estimate of drug-likeness (QED) is 0.769. The van der Waals surface area contributed by atoms with Crippen LogP contribution in [-0.2, 0) is 19.1 Å². The molecule has 21 heavy (non-hydrogen) atoms. The normalized spacial score (nSPS) is 14.8. The van der Waals surface area contributed by atoms with Gasteiger partial charge in [-0.1, -0.05) is 0 Å². The molecule has 7 nitrogen and oxygen atoms in total. The van der Waals surface area contributed by atoms with E-state index in [1.54, 1.807) is 41.5 Å². The van der Waals surface area contributed by atoms with Crippen molar-refractivity contribution in [3.8, 4) is 0 Å². The molecule has 2 atom stereocenters. The van der Waals surface area contributed by atoms with Gasteiger partial charge in [-0.3, -0.25) is 4.79 Å². The molecular formula is C14H25NO6. The van der Waals surface area contributed by atoms with Crippen LogP contribution in [0, 0.1) is 5.92 Å². The standard InChI is InChI=1S/C14H25NO6/c1-8(10(16)17)9(11(18)20-13(2,3)4)15-12(19)21-14(5,6)7/h8-9H,1-7H3,(H,15,19)(H,16,17)/t8-,9+/m1/s1. The number of aliphatic carboxylic acids is 1. The van der Waals surface area contributed by atoms with Gasteiger partial charge in [0.05, 0.1) is 5.92 Å². The van der Waals surface area contributed by atoms with Crippen molar-refractivity contribution in [3.05, 3.63) is 0 Å². The lowest BCUT2D eigenvalue weighted by molar-refractivity contribution is -0.162. The van der Waals surface area contributed by atoms with Gasteiger partial charge in [0.2, 0.25) is 0 Å². The number of carbonyl (C=O) groups is 3. The van der Waals surface area contributed by atoms with Crippen LogP contribution in [0.25, 0.3) is 0 Å². The lowest BCUT2D eigenvalue weighted by Gasteiger charge is -2.27. The number of hydrogen-bond donors (Lipinski definition) is 2. The molecule has 0 saturated carbocycles. The third kappa shape index (κ3) is 8.16. The maximum Gasteiger partial charge on any atom is 0.408 e. The summed E-state index contributed by atoms with van der Waals surface area (Å²) in [5, 5.41) is 11.3. The van der Waals surface area contributed by atoms with E-state index in [0.717, 1.165) is 0 Å². The highest BCUT2D eigenvalue weighted by atomic mass is 16.6. The first-order valence-electron chi connectivity index (χ1n) is 6.68. The first kappa shape index (κ1) is 19.2. The van der Waals surface area contributed by atoms with E-state index in [1.165, 1.54) is 6.92 Å². The van der Waals surface area contributed by atoms with E-state index in [-0.39, 0.29) is 0 Å². The zero-order chi connectivity index (χ0) is 17.0. The zero-order valence-corrected chi connectivity index (χ0v) is 13.6. The second kappa shape index (κ2) is 6.78. The Morgan fingerprint density at radius 2 is 1.38 bits per heavy atom. The van der Waals surface area contributed by atoms with Crippen LogP contribution in [0.4, 0.5) is 4.79 Å². The van der Waals surface area contributed by atoms with Gasteiger partial charge in [0, 0.05) is 0 Å². The van der Waals surface area contributed by atoms with Gasteiger partial charge in [0.1, 0.15) is 17.2 Å². The monoisotopic (exact) mass is 303 g/mol. The highest BCUT2D eigenvalue weighted by molar-refractivity contribution is 5.87. The van der Waals surface area contributed by atoms with E-state index in [0.29, 0.717) is 0 Å². The average Bonchev–Trinajstić information content (AvgIpc) is 2.19. The summed E-state index contributed by atoms with van der Waals surface area (Å²) in [6.45, 7) is 11.3. The lowest BCUT2D eigenvalue weighted by Crippen LogP contribution is -2.51. The van der Waals surface area contributed by atoms with Crippen molar-refractivity contribution in [1.82, 2.24) is 5.32 Å². The van der Waals surface area contributed by atoms with Crippen molar-refractivity contribution in [3.63, 3.8) is 0 Å². The Kier molecular flexibility index (Phi) is 6.20. The number of rotatable bonds is 4. The molecule has 1 amide bonds. The van der Waals surface area contributed by atoms with Gasteiger partial charge in [-0.15, -0.1) is 0 Å². The summed E-state index contributed by atoms with van der Waals surface area (Å²) in [5.74, 6) is -3.18. The third-order valence-corrected chi connectivity index (χ3v) is 2.22. The van der Waals surface area contributed by atoms with Crippen molar-refractivity contribution >= 4 is 18.0 Å². The lowest BCUT2D eigenvalue weighted by atomic mass is 10.0. The van der Waals surface area contributed by atoms with Crippen molar-refractivity contribution in [1.29, 1.82) is 0 Å². The largest absolute Gasteiger partial charge is 0.481 e. The number of alkyl carbamates (subject to hydrolysis) is 1. The SMILES string of the molecule is C[C@@H](C(=O)O)[C@H](NC(=O)OC(C)(C)C)C(=O)OC(C)(C)C. The van der Waals surface area contributed by atoms with Crippen LogP contribution in [0.5, 0.6) is 0 Å². The Balaban J connectivity index is 5.04. The van der Waals surface area contributed by atoms with E-state index in [2.05, 4.69) is 5.32 Å². The second-order valence-corrected chi connectivity index (χ2v) is 6.78. The predicted octanol–water partition coefficient (Wildman–Crippen LogP) is 1.94. The summed E-state index contributed by atoms with van der Waals surface area (Å²) in [6, 6.07) is -1.32. The van der Waals surface area contributed by atoms with Gasteiger partial charge in [0.15, 0.2) is 0 Å². The molecule has 0 heterocycles. The van der Waals surface area contributed by atoms with Crippen LogP contribution in [-0.4, -0.2) is 40.4 Å². The van der Waals surface area contributed by atoms with Crippen molar-refractivity contribution in [2.75, 3.05) is 0 Å². The molecule has 0 saturated heterocycles. The van der Waals surface area contributed by atoms with Crippen LogP contribution in [0.2, 0.25) is 0 Å². The highest BCUT2D eigenvalue weighted by Gasteiger charge is 2.36. The van der Waals surface area contributed by atoms with E-state index < -0.39 is 41.2 Å². The number of esters is 1. The summed E-state index contributed by atoms with van der Waals surface area (Å²) >= 11 is 0. The maximum absolute atomic E-state index is 12.1. The Morgan fingerprint density at radius 3 is 1.71 bits per heavy atom. The average molecular weight is 303 g/mol. The smallest absolute Gasteiger partial charge is 0.408 e. The number of amides is 1. The fourth-order valence-corrected chi connectivity index (χ4v) is 1.33. The maximum atomic E-state index is 12.1. The summed E-state index contributed by atoms with van der Waals surface area (Å²) in [5.41, 5.74) is -1.54. The number of carboxylic acid groups (broad SMARTS) is 1. The molecular weight excluding hydrogens is 278 g/mol. The molecule has 0 radical (unpaired) electrons. The van der Waals surface area contributed by atoms with Gasteiger partial charge in [-0.2, -0.15) is 0 Å². The fourth-order valence-electron chi connectivity index (χ4n) is 1.33. The van der Waals surface area contributed by atoms with E-state index >= 15 is 0 Å². The van der Waals surface area contributed by atoms with E-state index in [9.17, 15) is 14.4 Å². The molecule has 0 rings (SSSR count). The Morgan fingerprint density at radius 1 is 0.952 bits per heavy atom. The van der Waals surface area contributed by atoms with Crippen LogP contribution < -0.4 is 5.32 Å². The number of carboxylic acids is 1. The molecule has 0 aromatic rings. The summed E-state index contributed by atoms with van der Waals surface area (Å²) in [7, 11) is 0. The number of ether oxygens (including phenoxy) is 2. The molecule has 0 aliphatic heterocycles. The Labute approximate surface area is 125 Å². The van der Waals surface area contributed by atoms with Crippen LogP contribution in [0.15, 0.2) is 0 Å². The van der Waals surface area contributed by atoms with Crippen molar-refractivity contribution in [2.45, 2.75) is 65.7 Å². The minimum atomic E-state index is -1.32. The minimum absolute atomic E-state index is 0.755. The van der Waals surface area contributed by atoms with E-state index in [4.69, 9.17) is 14.6 Å². The summed E-state index contributed by atoms with van der Waals surface area (Å²) in [6.07, 6.45) is -0.869. The van der Waals surface area contributed by atoms with Gasteiger partial charge in [-0.25, -0.2) is 9.59 Å². The first-order chi connectivity index (χ1) is 9.23. The molecule has 0 fully saturated rings. The van der Waals surface area contributed by atoms with E-state index in [1.807, 2.05) is 0 Å². The summed E-state index contributed by atoms with van der Waals surface area (Å²) in [4.78, 5) is 34.9. The zero-order valence-electron chi connectivity index (χ0n) is 13.6. The molecule has 0 unspecified atom stereocenters. The first-order valence-corrected chi connectivity index (χ1v) is 6.68. The van der Waals surface area contributed by atoms with Gasteiger partial charge < -0.3 is 19.9 Å². The fraction of sp³-hybridized carbons (Fsp3) is 0.786. The Bertz CT molecular complexity index is 405. The summed E-state index contributed by atoms with van der Waals surface area (Å²) < 4.78 is 10.2. The molecule has 0 aromatic heterocycles. The van der Waals surface area contributed by atoms with Gasteiger partial charge in [0.25, 0.3) is 0 Å². The van der Waals surface area contributed by atoms with Crippen molar-refractivity contribution in [2.24, 2.45) is 5.92 Å². The van der Waals surface area contributed by atoms with Crippen molar-refractivity contribution < 1.29 is 29.0 Å². The van der Waals surface area contributed by atoms with Crippen LogP contribution in [0.1, 0.15) is 48.5 Å². The van der Waals surface area contributed by atoms with Gasteiger partial charge in [-0.05, 0) is 48.5 Å². The molecule has 0 aliphatic rings. The topological polar surface area (TPSA) is 102 Å². The van der Waals surface area contributed by atoms with Gasteiger partial charge >= 0.3 is 18.0 Å².